The van der Waals surface area contributed by atoms with Crippen LogP contribution in [0.4, 0.5) is 0 Å². The van der Waals surface area contributed by atoms with Crippen LogP contribution in [0.2, 0.25) is 0 Å². The van der Waals surface area contributed by atoms with E-state index in [1.54, 1.807) is 12.1 Å². The molecule has 4 rings (SSSR count). The van der Waals surface area contributed by atoms with Gasteiger partial charge >= 0.3 is 0 Å². The van der Waals surface area contributed by atoms with Crippen LogP contribution < -0.4 is 4.74 Å². The van der Waals surface area contributed by atoms with Gasteiger partial charge in [-0.3, -0.25) is 0 Å². The molecule has 2 atom stereocenters. The first kappa shape index (κ1) is 16.1. The van der Waals surface area contributed by atoms with Crippen LogP contribution in [0.25, 0.3) is 0 Å². The topological polar surface area (TPSA) is 110 Å². The summed E-state index contributed by atoms with van der Waals surface area (Å²) < 4.78 is 5.75. The van der Waals surface area contributed by atoms with Gasteiger partial charge in [0.25, 0.3) is 0 Å². The Balaban J connectivity index is 1.89. The van der Waals surface area contributed by atoms with E-state index in [4.69, 9.17) is 4.74 Å². The number of hydrogen-bond donors (Lipinski definition) is 5. The largest absolute Gasteiger partial charge is 0.507 e. The number of benzene rings is 2. The fourth-order valence-corrected chi connectivity index (χ4v) is 4.19. The van der Waals surface area contributed by atoms with Gasteiger partial charge in [-0.1, -0.05) is 13.0 Å². The van der Waals surface area contributed by atoms with Crippen LogP contribution in [-0.2, 0) is 25.9 Å². The van der Waals surface area contributed by atoms with Crippen molar-refractivity contribution in [1.29, 1.82) is 0 Å². The maximum Gasteiger partial charge on any atom is 0.219 e. The van der Waals surface area contributed by atoms with E-state index in [0.717, 1.165) is 11.1 Å². The number of rotatable bonds is 2. The number of phenolic OH excluding ortho intramolecular Hbond substituents is 2. The van der Waals surface area contributed by atoms with Crippen molar-refractivity contribution < 1.29 is 30.3 Å². The molecule has 6 nitrogen and oxygen atoms in total. The molecule has 0 radical (unpaired) electrons. The molecular formula is C19H20O6. The molecule has 0 bridgehead atoms. The lowest BCUT2D eigenvalue weighted by Crippen LogP contribution is -2.44. The number of fused-ring (bicyclic) bond motifs is 4. The van der Waals surface area contributed by atoms with E-state index in [2.05, 4.69) is 0 Å². The Morgan fingerprint density at radius 2 is 1.92 bits per heavy atom. The van der Waals surface area contributed by atoms with E-state index >= 15 is 0 Å². The predicted octanol–water partition coefficient (Wildman–Crippen LogP) is 1.82. The van der Waals surface area contributed by atoms with Crippen LogP contribution in [-0.4, -0.2) is 31.3 Å². The van der Waals surface area contributed by atoms with Crippen molar-refractivity contribution in [2.75, 3.05) is 0 Å². The smallest absolute Gasteiger partial charge is 0.219 e. The van der Waals surface area contributed by atoms with Crippen LogP contribution in [0, 0.1) is 0 Å². The van der Waals surface area contributed by atoms with E-state index in [1.165, 1.54) is 6.07 Å². The van der Waals surface area contributed by atoms with Gasteiger partial charge in [-0.25, -0.2) is 0 Å². The van der Waals surface area contributed by atoms with Crippen molar-refractivity contribution in [1.82, 2.24) is 0 Å². The van der Waals surface area contributed by atoms with Gasteiger partial charge in [-0.15, -0.1) is 0 Å². The quantitative estimate of drug-likeness (QED) is 0.532. The first-order valence-electron chi connectivity index (χ1n) is 8.32. The number of hydrogen-bond acceptors (Lipinski definition) is 6. The van der Waals surface area contributed by atoms with Gasteiger partial charge in [-0.2, -0.15) is 0 Å². The molecule has 1 unspecified atom stereocenters. The molecule has 0 aromatic heterocycles. The second-order valence-corrected chi connectivity index (χ2v) is 6.75. The molecule has 132 valence electrons. The third-order valence-corrected chi connectivity index (χ3v) is 5.36. The highest BCUT2D eigenvalue weighted by molar-refractivity contribution is 5.60. The Hall–Kier alpha value is -2.44. The zero-order chi connectivity index (χ0) is 17.9. The molecule has 0 spiro atoms. The summed E-state index contributed by atoms with van der Waals surface area (Å²) in [5.74, 6) is -2.48. The van der Waals surface area contributed by atoms with Crippen LogP contribution >= 0.6 is 0 Å². The molecule has 0 fully saturated rings. The molecule has 5 N–H and O–H groups in total. The zero-order valence-corrected chi connectivity index (χ0v) is 13.8. The number of aliphatic hydroxyl groups excluding tert-OH is 1. The van der Waals surface area contributed by atoms with Crippen LogP contribution in [0.5, 0.6) is 23.0 Å². The number of aromatic hydroxyl groups is 3. The summed E-state index contributed by atoms with van der Waals surface area (Å²) in [6.07, 6.45) is 1.15. The van der Waals surface area contributed by atoms with E-state index in [1.807, 2.05) is 6.92 Å². The van der Waals surface area contributed by atoms with Crippen molar-refractivity contribution in [3.05, 3.63) is 46.0 Å². The van der Waals surface area contributed by atoms with Gasteiger partial charge in [0.1, 0.15) is 5.75 Å². The van der Waals surface area contributed by atoms with Gasteiger partial charge < -0.3 is 30.3 Å². The van der Waals surface area contributed by atoms with Crippen molar-refractivity contribution in [3.8, 4) is 23.0 Å². The summed E-state index contributed by atoms with van der Waals surface area (Å²) in [7, 11) is 0. The highest BCUT2D eigenvalue weighted by Crippen LogP contribution is 2.54. The lowest BCUT2D eigenvalue weighted by molar-refractivity contribution is -0.156. The Kier molecular flexibility index (Phi) is 3.39. The summed E-state index contributed by atoms with van der Waals surface area (Å²) >= 11 is 0. The first-order valence-corrected chi connectivity index (χ1v) is 8.32. The van der Waals surface area contributed by atoms with Crippen molar-refractivity contribution in [3.63, 3.8) is 0 Å². The van der Waals surface area contributed by atoms with Gasteiger partial charge in [0.05, 0.1) is 12.5 Å². The molecule has 0 amide bonds. The Morgan fingerprint density at radius 3 is 2.60 bits per heavy atom. The van der Waals surface area contributed by atoms with Crippen molar-refractivity contribution in [2.24, 2.45) is 0 Å². The van der Waals surface area contributed by atoms with Crippen molar-refractivity contribution in [2.45, 2.75) is 44.5 Å². The third kappa shape index (κ3) is 2.11. The van der Waals surface area contributed by atoms with Crippen LogP contribution in [0.1, 0.15) is 40.7 Å². The second-order valence-electron chi connectivity index (χ2n) is 6.75. The van der Waals surface area contributed by atoms with E-state index in [-0.39, 0.29) is 36.0 Å². The van der Waals surface area contributed by atoms with Gasteiger partial charge in [0.2, 0.25) is 11.5 Å². The molecule has 2 aromatic carbocycles. The molecule has 0 saturated carbocycles. The van der Waals surface area contributed by atoms with E-state index < -0.39 is 11.7 Å². The van der Waals surface area contributed by atoms with Crippen LogP contribution in [0.15, 0.2) is 18.2 Å². The average Bonchev–Trinajstić information content (AvgIpc) is 2.87. The fourth-order valence-electron chi connectivity index (χ4n) is 4.19. The monoisotopic (exact) mass is 344 g/mol. The Labute approximate surface area is 144 Å². The molecular weight excluding hydrogens is 324 g/mol. The second kappa shape index (κ2) is 5.28. The fraction of sp³-hybridized carbons (Fsp3) is 0.368. The van der Waals surface area contributed by atoms with Gasteiger partial charge in [0.15, 0.2) is 11.5 Å². The molecule has 6 heteroatoms. The summed E-state index contributed by atoms with van der Waals surface area (Å²) in [6.45, 7) is 1.63. The third-order valence-electron chi connectivity index (χ3n) is 5.36. The molecule has 1 aliphatic carbocycles. The highest BCUT2D eigenvalue weighted by Gasteiger charge is 2.52. The standard InChI is InChI=1S/C19H20O6/c1-2-12-15-10(5-11(8-20)16(12)22)7-19(24)13(15)6-9-3-4-14(21)17(23)18(9)25-19/h3-5,13,20-24H,2,6-8H2,1H3/t13?,19-/m0/s1. The SMILES string of the molecule is CCc1c(O)c(CO)cc2c1C1Cc3ccc(O)c(O)c3O[C@@]1(O)C2. The normalized spacial score (nSPS) is 23.6. The summed E-state index contributed by atoms with van der Waals surface area (Å²) in [5.41, 5.74) is 3.49. The van der Waals surface area contributed by atoms with Gasteiger partial charge in [0, 0.05) is 12.0 Å². The molecule has 2 aliphatic rings. The Bertz CT molecular complexity index is 875. The number of phenols is 3. The summed E-state index contributed by atoms with van der Waals surface area (Å²) in [6, 6.07) is 4.76. The van der Waals surface area contributed by atoms with E-state index in [0.29, 0.717) is 29.5 Å². The zero-order valence-electron chi connectivity index (χ0n) is 13.8. The minimum absolute atomic E-state index is 0.0624. The minimum atomic E-state index is -1.56. The summed E-state index contributed by atoms with van der Waals surface area (Å²) in [5, 5.41) is 50.8. The van der Waals surface area contributed by atoms with E-state index in [9.17, 15) is 25.5 Å². The minimum Gasteiger partial charge on any atom is -0.507 e. The number of aliphatic hydroxyl groups is 2. The maximum atomic E-state index is 11.1. The first-order chi connectivity index (χ1) is 11.9. The summed E-state index contributed by atoms with van der Waals surface area (Å²) in [4.78, 5) is 0. The molecule has 1 aliphatic heterocycles. The molecule has 1 heterocycles. The molecule has 25 heavy (non-hydrogen) atoms. The lowest BCUT2D eigenvalue weighted by Gasteiger charge is -2.37. The maximum absolute atomic E-state index is 11.1. The number of ether oxygens (including phenoxy) is 1. The molecule has 2 aromatic rings. The highest BCUT2D eigenvalue weighted by atomic mass is 16.6. The lowest BCUT2D eigenvalue weighted by atomic mass is 9.84. The molecule has 0 saturated heterocycles. The Morgan fingerprint density at radius 1 is 1.16 bits per heavy atom. The average molecular weight is 344 g/mol. The van der Waals surface area contributed by atoms with Crippen molar-refractivity contribution >= 4 is 0 Å². The predicted molar refractivity (Wildman–Crippen MR) is 88.9 cm³/mol. The van der Waals surface area contributed by atoms with Gasteiger partial charge in [-0.05, 0) is 47.2 Å². The van der Waals surface area contributed by atoms with Crippen LogP contribution in [0.3, 0.4) is 0 Å².